The summed E-state index contributed by atoms with van der Waals surface area (Å²) in [5.74, 6) is -1.41. The number of anilines is 2. The maximum atomic E-state index is 13.0. The fourth-order valence-corrected chi connectivity index (χ4v) is 1.89. The van der Waals surface area contributed by atoms with Crippen molar-refractivity contribution in [3.8, 4) is 0 Å². The number of aryl methyl sites for hydroxylation is 1. The molecule has 0 heterocycles. The molecule has 0 bridgehead atoms. The number of carbonyl (C=O) groups is 1. The second-order valence-electron chi connectivity index (χ2n) is 4.08. The highest BCUT2D eigenvalue weighted by molar-refractivity contribution is 6.31. The van der Waals surface area contributed by atoms with Crippen LogP contribution in [0.15, 0.2) is 36.4 Å². The summed E-state index contributed by atoms with van der Waals surface area (Å²) in [6.45, 7) is 1.74. The molecular formula is C14H11ClFNO2. The van der Waals surface area contributed by atoms with E-state index in [-0.39, 0.29) is 11.4 Å². The Labute approximate surface area is 114 Å². The highest BCUT2D eigenvalue weighted by atomic mass is 35.5. The molecule has 19 heavy (non-hydrogen) atoms. The second kappa shape index (κ2) is 5.28. The number of halogens is 2. The van der Waals surface area contributed by atoms with Crippen LogP contribution in [0.1, 0.15) is 15.9 Å². The lowest BCUT2D eigenvalue weighted by Crippen LogP contribution is -2.03. The molecule has 0 spiro atoms. The fourth-order valence-electron chi connectivity index (χ4n) is 1.71. The van der Waals surface area contributed by atoms with Crippen LogP contribution in [0, 0.1) is 12.7 Å². The molecular weight excluding hydrogens is 269 g/mol. The van der Waals surface area contributed by atoms with Crippen LogP contribution in [0.4, 0.5) is 15.8 Å². The number of hydrogen-bond donors (Lipinski definition) is 2. The van der Waals surface area contributed by atoms with E-state index in [0.29, 0.717) is 22.0 Å². The van der Waals surface area contributed by atoms with E-state index in [2.05, 4.69) is 5.32 Å². The van der Waals surface area contributed by atoms with Gasteiger partial charge in [-0.1, -0.05) is 11.6 Å². The predicted molar refractivity (Wildman–Crippen MR) is 72.8 cm³/mol. The Morgan fingerprint density at radius 3 is 2.53 bits per heavy atom. The van der Waals surface area contributed by atoms with Crippen LogP contribution >= 0.6 is 11.6 Å². The van der Waals surface area contributed by atoms with Crippen LogP contribution in [0.3, 0.4) is 0 Å². The molecule has 0 amide bonds. The zero-order valence-electron chi connectivity index (χ0n) is 10.1. The predicted octanol–water partition coefficient (Wildman–Crippen LogP) is 4.23. The first-order valence-electron chi connectivity index (χ1n) is 5.53. The second-order valence-corrected chi connectivity index (χ2v) is 4.52. The number of carboxylic acid groups (broad SMARTS) is 1. The van der Waals surface area contributed by atoms with Crippen molar-refractivity contribution in [2.45, 2.75) is 6.92 Å². The van der Waals surface area contributed by atoms with Crippen molar-refractivity contribution < 1.29 is 14.3 Å². The summed E-state index contributed by atoms with van der Waals surface area (Å²) >= 11 is 5.78. The molecule has 0 aliphatic heterocycles. The molecule has 2 N–H and O–H groups in total. The summed E-state index contributed by atoms with van der Waals surface area (Å²) in [4.78, 5) is 11.1. The first kappa shape index (κ1) is 13.4. The van der Waals surface area contributed by atoms with E-state index in [1.807, 2.05) is 0 Å². The highest BCUT2D eigenvalue weighted by Crippen LogP contribution is 2.26. The minimum Gasteiger partial charge on any atom is -0.478 e. The summed E-state index contributed by atoms with van der Waals surface area (Å²) < 4.78 is 13.0. The minimum absolute atomic E-state index is 0.0659. The lowest BCUT2D eigenvalue weighted by molar-refractivity contribution is 0.0698. The third-order valence-corrected chi connectivity index (χ3v) is 2.90. The van der Waals surface area contributed by atoms with Crippen molar-refractivity contribution in [1.29, 1.82) is 0 Å². The molecule has 2 aromatic carbocycles. The number of hydrogen-bond acceptors (Lipinski definition) is 2. The van der Waals surface area contributed by atoms with E-state index in [9.17, 15) is 9.18 Å². The summed E-state index contributed by atoms with van der Waals surface area (Å²) in [6, 6.07) is 8.78. The summed E-state index contributed by atoms with van der Waals surface area (Å²) in [5.41, 5.74) is 1.81. The largest absolute Gasteiger partial charge is 0.478 e. The fraction of sp³-hybridized carbons (Fsp3) is 0.0714. The van der Waals surface area contributed by atoms with Gasteiger partial charge in [0.1, 0.15) is 5.82 Å². The topological polar surface area (TPSA) is 49.3 Å². The average molecular weight is 280 g/mol. The van der Waals surface area contributed by atoms with Crippen molar-refractivity contribution >= 4 is 28.9 Å². The Bertz CT molecular complexity index is 643. The van der Waals surface area contributed by atoms with Gasteiger partial charge in [-0.05, 0) is 48.9 Å². The van der Waals surface area contributed by atoms with Gasteiger partial charge in [-0.3, -0.25) is 0 Å². The molecule has 2 rings (SSSR count). The van der Waals surface area contributed by atoms with Gasteiger partial charge in [-0.2, -0.15) is 0 Å². The number of nitrogens with one attached hydrogen (secondary N) is 1. The quantitative estimate of drug-likeness (QED) is 0.884. The van der Waals surface area contributed by atoms with Crippen LogP contribution in [0.2, 0.25) is 5.02 Å². The van der Waals surface area contributed by atoms with E-state index in [0.717, 1.165) is 0 Å². The SMILES string of the molecule is Cc1cc(F)ccc1Nc1ccc(Cl)cc1C(=O)O. The third-order valence-electron chi connectivity index (χ3n) is 2.67. The molecule has 0 aliphatic rings. The molecule has 0 aromatic heterocycles. The van der Waals surface area contributed by atoms with E-state index >= 15 is 0 Å². The van der Waals surface area contributed by atoms with E-state index in [1.54, 1.807) is 25.1 Å². The minimum atomic E-state index is -1.08. The van der Waals surface area contributed by atoms with Gasteiger partial charge in [0.05, 0.1) is 11.3 Å². The Kier molecular flexibility index (Phi) is 3.71. The van der Waals surface area contributed by atoms with E-state index in [1.165, 1.54) is 18.2 Å². The number of aromatic carboxylic acids is 1. The van der Waals surface area contributed by atoms with Crippen LogP contribution in [-0.4, -0.2) is 11.1 Å². The third kappa shape index (κ3) is 3.03. The summed E-state index contributed by atoms with van der Waals surface area (Å²) in [5, 5.41) is 12.4. The van der Waals surface area contributed by atoms with Crippen LogP contribution in [0.5, 0.6) is 0 Å². The van der Waals surface area contributed by atoms with Gasteiger partial charge in [0.2, 0.25) is 0 Å². The first-order valence-corrected chi connectivity index (χ1v) is 5.91. The van der Waals surface area contributed by atoms with Crippen LogP contribution < -0.4 is 5.32 Å². The monoisotopic (exact) mass is 279 g/mol. The molecule has 0 aliphatic carbocycles. The normalized spacial score (nSPS) is 10.3. The lowest BCUT2D eigenvalue weighted by atomic mass is 10.1. The lowest BCUT2D eigenvalue weighted by Gasteiger charge is -2.12. The van der Waals surface area contributed by atoms with Gasteiger partial charge >= 0.3 is 5.97 Å². The molecule has 98 valence electrons. The zero-order valence-corrected chi connectivity index (χ0v) is 10.8. The maximum Gasteiger partial charge on any atom is 0.337 e. The Morgan fingerprint density at radius 2 is 1.89 bits per heavy atom. The average Bonchev–Trinajstić information content (AvgIpc) is 2.34. The first-order chi connectivity index (χ1) is 8.97. The van der Waals surface area contributed by atoms with Gasteiger partial charge in [0, 0.05) is 10.7 Å². The number of carboxylic acids is 1. The molecule has 2 aromatic rings. The molecule has 0 atom stereocenters. The van der Waals surface area contributed by atoms with E-state index in [4.69, 9.17) is 16.7 Å². The van der Waals surface area contributed by atoms with Crippen molar-refractivity contribution in [3.05, 3.63) is 58.4 Å². The van der Waals surface area contributed by atoms with Crippen LogP contribution in [0.25, 0.3) is 0 Å². The maximum absolute atomic E-state index is 13.0. The molecule has 3 nitrogen and oxygen atoms in total. The van der Waals surface area contributed by atoms with Crippen molar-refractivity contribution in [3.63, 3.8) is 0 Å². The smallest absolute Gasteiger partial charge is 0.337 e. The highest BCUT2D eigenvalue weighted by Gasteiger charge is 2.11. The Balaban J connectivity index is 2.40. The summed E-state index contributed by atoms with van der Waals surface area (Å²) in [7, 11) is 0. The number of benzene rings is 2. The Hall–Kier alpha value is -2.07. The zero-order chi connectivity index (χ0) is 14.0. The standard InChI is InChI=1S/C14H11ClFNO2/c1-8-6-10(16)3-5-12(8)17-13-4-2-9(15)7-11(13)14(18)19/h2-7,17H,1H3,(H,18,19). The van der Waals surface area contributed by atoms with Crippen LogP contribution in [-0.2, 0) is 0 Å². The van der Waals surface area contributed by atoms with Crippen molar-refractivity contribution in [2.24, 2.45) is 0 Å². The molecule has 5 heteroatoms. The van der Waals surface area contributed by atoms with Gasteiger partial charge in [-0.25, -0.2) is 9.18 Å². The van der Waals surface area contributed by atoms with Gasteiger partial charge in [-0.15, -0.1) is 0 Å². The van der Waals surface area contributed by atoms with Crippen molar-refractivity contribution in [1.82, 2.24) is 0 Å². The molecule has 0 saturated carbocycles. The molecule has 0 saturated heterocycles. The van der Waals surface area contributed by atoms with Gasteiger partial charge in [0.25, 0.3) is 0 Å². The van der Waals surface area contributed by atoms with E-state index < -0.39 is 5.97 Å². The molecule has 0 radical (unpaired) electrons. The summed E-state index contributed by atoms with van der Waals surface area (Å²) in [6.07, 6.45) is 0. The molecule has 0 unspecified atom stereocenters. The number of rotatable bonds is 3. The van der Waals surface area contributed by atoms with Gasteiger partial charge in [0.15, 0.2) is 0 Å². The molecule has 0 fully saturated rings. The Morgan fingerprint density at radius 1 is 1.21 bits per heavy atom. The van der Waals surface area contributed by atoms with Gasteiger partial charge < -0.3 is 10.4 Å². The van der Waals surface area contributed by atoms with Crippen molar-refractivity contribution in [2.75, 3.05) is 5.32 Å².